The maximum absolute atomic E-state index is 9.50. The average molecular weight is 489 g/mol. The van der Waals surface area contributed by atoms with Gasteiger partial charge in [-0.25, -0.2) is 0 Å². The van der Waals surface area contributed by atoms with Crippen molar-refractivity contribution in [2.75, 3.05) is 0 Å². The van der Waals surface area contributed by atoms with Gasteiger partial charge in [0.2, 0.25) is 0 Å². The molecule has 172 valence electrons. The second kappa shape index (κ2) is 7.81. The molecule has 0 unspecified atom stereocenters. The second-order valence-electron chi connectivity index (χ2n) is 8.30. The lowest BCUT2D eigenvalue weighted by atomic mass is 9.84. The van der Waals surface area contributed by atoms with Crippen LogP contribution in [0.15, 0.2) is 137 Å². The summed E-state index contributed by atoms with van der Waals surface area (Å²) < 4.78 is 166. The molecule has 0 saturated carbocycles. The molecular weight excluding hydrogens is 448 g/mol. The van der Waals surface area contributed by atoms with E-state index in [0.717, 1.165) is 0 Å². The highest BCUT2D eigenvalue weighted by Crippen LogP contribution is 2.45. The maximum Gasteiger partial charge on any atom is 0.135 e. The van der Waals surface area contributed by atoms with E-state index < -0.39 is 163 Å². The Kier molecular flexibility index (Phi) is 2.01. The van der Waals surface area contributed by atoms with Crippen LogP contribution in [0.1, 0.15) is 24.7 Å². The third-order valence-electron chi connectivity index (χ3n) is 6.33. The van der Waals surface area contributed by atoms with Crippen LogP contribution in [-0.2, 0) is 0 Å². The van der Waals surface area contributed by atoms with Crippen molar-refractivity contribution >= 4 is 54.3 Å². The normalized spacial score (nSPS) is 18.6. The second-order valence-corrected chi connectivity index (χ2v) is 8.30. The Labute approximate surface area is 239 Å². The molecule has 37 heavy (non-hydrogen) atoms. The first-order valence-electron chi connectivity index (χ1n) is 20.2. The fourth-order valence-corrected chi connectivity index (χ4v) is 4.78. The SMILES string of the molecule is [2H]c1c(-c2c3c([2H])c([2H])c([2H])c([2H])c3c(-c3c([2H])c([2H])c([2H])c4c([2H])c([2H])c([2H])c([2H])c34)c3c([2H])c([2H])c([2H])c([2H])c23)c([2H])c2c(oc3ccccc32)c1[2H]. The summed E-state index contributed by atoms with van der Waals surface area (Å²) in [7, 11) is 0. The summed E-state index contributed by atoms with van der Waals surface area (Å²) in [6.45, 7) is 0. The van der Waals surface area contributed by atoms with E-state index in [1.54, 1.807) is 24.3 Å². The van der Waals surface area contributed by atoms with Gasteiger partial charge < -0.3 is 4.42 Å². The lowest BCUT2D eigenvalue weighted by Gasteiger charge is -2.18. The van der Waals surface area contributed by atoms with Crippen molar-refractivity contribution in [1.82, 2.24) is 0 Å². The summed E-state index contributed by atoms with van der Waals surface area (Å²) in [6, 6.07) is -7.12. The quantitative estimate of drug-likeness (QED) is 0.221. The third kappa shape index (κ3) is 2.98. The molecule has 0 bridgehead atoms. The van der Waals surface area contributed by atoms with Gasteiger partial charge in [-0.15, -0.1) is 0 Å². The Hall–Kier alpha value is -4.88. The van der Waals surface area contributed by atoms with Gasteiger partial charge in [0.1, 0.15) is 11.2 Å². The maximum atomic E-state index is 9.50. The molecule has 0 aliphatic heterocycles. The van der Waals surface area contributed by atoms with Crippen LogP contribution in [0.5, 0.6) is 0 Å². The van der Waals surface area contributed by atoms with E-state index in [1.807, 2.05) is 0 Å². The largest absolute Gasteiger partial charge is 0.456 e. The number of rotatable bonds is 2. The first-order valence-corrected chi connectivity index (χ1v) is 11.2. The molecule has 0 fully saturated rings. The van der Waals surface area contributed by atoms with Gasteiger partial charge in [0, 0.05) is 10.8 Å². The van der Waals surface area contributed by atoms with Crippen LogP contribution in [0.3, 0.4) is 0 Å². The first-order chi connectivity index (χ1) is 25.9. The monoisotopic (exact) mass is 488 g/mol. The molecule has 0 atom stereocenters. The van der Waals surface area contributed by atoms with E-state index in [-0.39, 0.29) is 16.6 Å². The predicted molar refractivity (Wildman–Crippen MR) is 157 cm³/mol. The molecule has 0 spiro atoms. The Bertz CT molecular complexity index is 3040. The minimum absolute atomic E-state index is 0.0546. The van der Waals surface area contributed by atoms with Crippen molar-refractivity contribution in [2.24, 2.45) is 0 Å². The Morgan fingerprint density at radius 2 is 1.08 bits per heavy atom. The zero-order chi connectivity index (χ0) is 40.0. The van der Waals surface area contributed by atoms with E-state index in [4.69, 9.17) is 20.9 Å². The number of fused-ring (bicyclic) bond motifs is 6. The van der Waals surface area contributed by atoms with E-state index in [2.05, 4.69) is 0 Å². The molecule has 1 heterocycles. The molecule has 1 nitrogen and oxygen atoms in total. The van der Waals surface area contributed by atoms with Gasteiger partial charge >= 0.3 is 0 Å². The molecule has 0 amide bonds. The van der Waals surface area contributed by atoms with Gasteiger partial charge in [0.05, 0.1) is 24.7 Å². The highest BCUT2D eigenvalue weighted by molar-refractivity contribution is 6.24. The zero-order valence-corrected chi connectivity index (χ0v) is 18.7. The summed E-state index contributed by atoms with van der Waals surface area (Å²) in [4.78, 5) is 0. The fourth-order valence-electron chi connectivity index (χ4n) is 4.78. The van der Waals surface area contributed by atoms with Crippen LogP contribution in [0.2, 0.25) is 0 Å². The lowest BCUT2D eigenvalue weighted by molar-refractivity contribution is 0.669. The number of benzene rings is 7. The summed E-state index contributed by atoms with van der Waals surface area (Å²) in [5.41, 5.74) is -1.79. The van der Waals surface area contributed by atoms with E-state index in [0.29, 0.717) is 5.39 Å². The minimum Gasteiger partial charge on any atom is -0.456 e. The molecule has 0 aliphatic carbocycles. The van der Waals surface area contributed by atoms with E-state index in [9.17, 15) is 8.22 Å². The minimum atomic E-state index is -0.836. The van der Waals surface area contributed by atoms with Crippen LogP contribution in [0.4, 0.5) is 0 Å². The Balaban J connectivity index is 1.80. The summed E-state index contributed by atoms with van der Waals surface area (Å²) >= 11 is 0. The Morgan fingerprint density at radius 3 is 1.84 bits per heavy atom. The molecule has 0 saturated heterocycles. The van der Waals surface area contributed by atoms with Crippen LogP contribution in [0.25, 0.3) is 76.5 Å². The molecule has 7 aromatic carbocycles. The van der Waals surface area contributed by atoms with Crippen molar-refractivity contribution in [1.29, 1.82) is 0 Å². The molecule has 8 rings (SSSR count). The molecule has 0 N–H and O–H groups in total. The standard InChI is InChI=1S/C36H22O/c1-2-12-25-23(10-1)11-9-18-27(25)36-30-16-5-3-14-28(30)35(29-15-4-6-17-31(29)36)24-20-21-34-32(22-24)26-13-7-8-19-33(26)37-34/h1-22H/i1D,2D,3D,4D,5D,6D,9D,10D,11D,12D,14D,15D,16D,17D,18D,20D,21D,22D. The van der Waals surface area contributed by atoms with Crippen LogP contribution >= 0.6 is 0 Å². The predicted octanol–water partition coefficient (Wildman–Crippen LogP) is 10.4. The van der Waals surface area contributed by atoms with Crippen molar-refractivity contribution in [3.63, 3.8) is 0 Å². The summed E-state index contributed by atoms with van der Waals surface area (Å²) in [5, 5.41) is -2.59. The zero-order valence-electron chi connectivity index (χ0n) is 36.7. The molecular formula is C36H22O. The topological polar surface area (TPSA) is 13.1 Å². The van der Waals surface area contributed by atoms with E-state index >= 15 is 0 Å². The molecule has 1 heteroatoms. The number of furan rings is 1. The first kappa shape index (κ1) is 9.53. The van der Waals surface area contributed by atoms with Crippen molar-refractivity contribution < 1.29 is 29.1 Å². The lowest BCUT2D eigenvalue weighted by Crippen LogP contribution is -1.91. The molecule has 0 radical (unpaired) electrons. The molecule has 8 aromatic rings. The fraction of sp³-hybridized carbons (Fsp3) is 0. The summed E-state index contributed by atoms with van der Waals surface area (Å²) in [6.07, 6.45) is 0. The number of hydrogen-bond acceptors (Lipinski definition) is 1. The average Bonchev–Trinajstić information content (AvgIpc) is 3.57. The molecule has 1 aromatic heterocycles. The summed E-state index contributed by atoms with van der Waals surface area (Å²) in [5.74, 6) is 0. The van der Waals surface area contributed by atoms with Crippen LogP contribution in [0, 0.1) is 0 Å². The van der Waals surface area contributed by atoms with Crippen molar-refractivity contribution in [3.8, 4) is 22.3 Å². The Morgan fingerprint density at radius 1 is 0.459 bits per heavy atom. The van der Waals surface area contributed by atoms with Crippen LogP contribution < -0.4 is 0 Å². The van der Waals surface area contributed by atoms with E-state index in [1.165, 1.54) is 0 Å². The van der Waals surface area contributed by atoms with Crippen LogP contribution in [-0.4, -0.2) is 0 Å². The number of para-hydroxylation sites is 1. The highest BCUT2D eigenvalue weighted by atomic mass is 16.3. The van der Waals surface area contributed by atoms with Gasteiger partial charge in [-0.1, -0.05) is 115 Å². The van der Waals surface area contributed by atoms with Gasteiger partial charge in [-0.3, -0.25) is 0 Å². The van der Waals surface area contributed by atoms with Crippen molar-refractivity contribution in [2.45, 2.75) is 0 Å². The third-order valence-corrected chi connectivity index (χ3v) is 6.33. The van der Waals surface area contributed by atoms with Gasteiger partial charge in [-0.05, 0) is 72.7 Å². The smallest absolute Gasteiger partial charge is 0.135 e. The number of hydrogen-bond donors (Lipinski definition) is 0. The van der Waals surface area contributed by atoms with Crippen molar-refractivity contribution in [3.05, 3.63) is 133 Å². The van der Waals surface area contributed by atoms with Gasteiger partial charge in [0.25, 0.3) is 0 Å². The van der Waals surface area contributed by atoms with Gasteiger partial charge in [0.15, 0.2) is 0 Å². The molecule has 0 aliphatic rings. The van der Waals surface area contributed by atoms with Gasteiger partial charge in [-0.2, -0.15) is 0 Å². The highest BCUT2D eigenvalue weighted by Gasteiger charge is 2.18.